The van der Waals surface area contributed by atoms with Crippen LogP contribution in [0, 0.1) is 6.92 Å². The summed E-state index contributed by atoms with van der Waals surface area (Å²) in [5.74, 6) is 1.56. The number of hydrogen-bond donors (Lipinski definition) is 1. The van der Waals surface area contributed by atoms with Gasteiger partial charge in [0.25, 0.3) is 0 Å². The first-order valence-corrected chi connectivity index (χ1v) is 5.78. The Bertz CT molecular complexity index is 407. The summed E-state index contributed by atoms with van der Waals surface area (Å²) in [6.07, 6.45) is 0. The average molecular weight is 270 g/mol. The largest absolute Gasteiger partial charge is 0.339 e. The lowest BCUT2D eigenvalue weighted by atomic mass is 10.5. The lowest BCUT2D eigenvalue weighted by molar-refractivity contribution is 1.04. The van der Waals surface area contributed by atoms with Crippen molar-refractivity contribution in [2.45, 2.75) is 6.92 Å². The van der Waals surface area contributed by atoms with Crippen molar-refractivity contribution in [2.24, 2.45) is 0 Å². The Labute approximate surface area is 94.4 Å². The van der Waals surface area contributed by atoms with Crippen LogP contribution in [0.2, 0.25) is 0 Å². The molecule has 14 heavy (non-hydrogen) atoms. The first kappa shape index (κ1) is 9.61. The monoisotopic (exact) mass is 269 g/mol. The molecular weight excluding hydrogens is 262 g/mol. The summed E-state index contributed by atoms with van der Waals surface area (Å²) >= 11 is 4.98. The molecule has 0 aliphatic carbocycles. The fraction of sp³-hybridized carbons (Fsp3) is 0.111. The highest BCUT2D eigenvalue weighted by Gasteiger charge is 1.99. The van der Waals surface area contributed by atoms with Crippen LogP contribution in [0.25, 0.3) is 0 Å². The van der Waals surface area contributed by atoms with E-state index < -0.39 is 0 Å². The second-order valence-corrected chi connectivity index (χ2v) is 4.35. The highest BCUT2D eigenvalue weighted by molar-refractivity contribution is 9.10. The molecule has 2 aromatic heterocycles. The summed E-state index contributed by atoms with van der Waals surface area (Å²) in [7, 11) is 0. The second-order valence-electron chi connectivity index (χ2n) is 2.76. The van der Waals surface area contributed by atoms with Gasteiger partial charge in [-0.05, 0) is 34.3 Å². The third-order valence-electron chi connectivity index (χ3n) is 1.60. The molecule has 0 spiro atoms. The highest BCUT2D eigenvalue weighted by Crippen LogP contribution is 2.19. The van der Waals surface area contributed by atoms with Gasteiger partial charge in [-0.15, -0.1) is 0 Å². The zero-order valence-electron chi connectivity index (χ0n) is 7.49. The zero-order chi connectivity index (χ0) is 9.97. The number of thiophene rings is 1. The number of nitrogens with zero attached hydrogens (tertiary/aromatic N) is 2. The Morgan fingerprint density at radius 1 is 1.43 bits per heavy atom. The van der Waals surface area contributed by atoms with Gasteiger partial charge in [-0.25, -0.2) is 9.97 Å². The maximum atomic E-state index is 4.26. The van der Waals surface area contributed by atoms with Crippen molar-refractivity contribution in [3.8, 4) is 0 Å². The molecule has 1 N–H and O–H groups in total. The predicted molar refractivity (Wildman–Crippen MR) is 62.1 cm³/mol. The van der Waals surface area contributed by atoms with Crippen LogP contribution < -0.4 is 5.32 Å². The molecule has 0 unspecified atom stereocenters. The van der Waals surface area contributed by atoms with Gasteiger partial charge in [0.1, 0.15) is 16.2 Å². The normalized spacial score (nSPS) is 10.1. The number of nitrogens with one attached hydrogen (secondary N) is 1. The minimum atomic E-state index is 0.747. The number of aromatic nitrogens is 2. The molecule has 0 saturated heterocycles. The van der Waals surface area contributed by atoms with E-state index in [9.17, 15) is 0 Å². The molecule has 0 fully saturated rings. The molecule has 0 radical (unpaired) electrons. The number of anilines is 2. The predicted octanol–water partition coefficient (Wildman–Crippen LogP) is 3.35. The Morgan fingerprint density at radius 3 is 2.93 bits per heavy atom. The second kappa shape index (κ2) is 4.06. The van der Waals surface area contributed by atoms with Crippen LogP contribution in [0.4, 0.5) is 11.5 Å². The van der Waals surface area contributed by atoms with E-state index in [1.54, 1.807) is 11.3 Å². The number of rotatable bonds is 2. The lowest BCUT2D eigenvalue weighted by Gasteiger charge is -2.03. The van der Waals surface area contributed by atoms with E-state index in [0.717, 1.165) is 21.9 Å². The topological polar surface area (TPSA) is 37.8 Å². The summed E-state index contributed by atoms with van der Waals surface area (Å²) in [5, 5.41) is 7.25. The quantitative estimate of drug-likeness (QED) is 0.850. The molecule has 0 aliphatic rings. The summed E-state index contributed by atoms with van der Waals surface area (Å²) < 4.78 is 0.794. The van der Waals surface area contributed by atoms with Crippen LogP contribution in [0.3, 0.4) is 0 Å². The maximum absolute atomic E-state index is 4.26. The molecule has 0 amide bonds. The first-order chi connectivity index (χ1) is 6.74. The summed E-state index contributed by atoms with van der Waals surface area (Å²) in [6.45, 7) is 1.86. The minimum absolute atomic E-state index is 0.747. The van der Waals surface area contributed by atoms with E-state index in [4.69, 9.17) is 0 Å². The molecule has 5 heteroatoms. The number of hydrogen-bond acceptors (Lipinski definition) is 4. The summed E-state index contributed by atoms with van der Waals surface area (Å²) in [6, 6.07) is 3.86. The van der Waals surface area contributed by atoms with Crippen LogP contribution in [0.1, 0.15) is 5.82 Å². The Hall–Kier alpha value is -0.940. The van der Waals surface area contributed by atoms with E-state index >= 15 is 0 Å². The van der Waals surface area contributed by atoms with Crippen LogP contribution in [-0.2, 0) is 0 Å². The number of halogens is 1. The zero-order valence-corrected chi connectivity index (χ0v) is 9.89. The molecule has 0 aromatic carbocycles. The van der Waals surface area contributed by atoms with Crippen LogP contribution >= 0.6 is 27.3 Å². The minimum Gasteiger partial charge on any atom is -0.339 e. The molecule has 2 rings (SSSR count). The molecule has 3 nitrogen and oxygen atoms in total. The van der Waals surface area contributed by atoms with E-state index in [2.05, 4.69) is 31.2 Å². The molecule has 0 aliphatic heterocycles. The van der Waals surface area contributed by atoms with Crippen molar-refractivity contribution in [3.63, 3.8) is 0 Å². The van der Waals surface area contributed by atoms with Gasteiger partial charge in [0.05, 0.1) is 5.69 Å². The Balaban J connectivity index is 2.25. The van der Waals surface area contributed by atoms with Crippen molar-refractivity contribution in [1.29, 1.82) is 0 Å². The van der Waals surface area contributed by atoms with E-state index in [0.29, 0.717) is 0 Å². The molecule has 0 bridgehead atoms. The summed E-state index contributed by atoms with van der Waals surface area (Å²) in [4.78, 5) is 8.39. The van der Waals surface area contributed by atoms with Crippen LogP contribution in [0.5, 0.6) is 0 Å². The van der Waals surface area contributed by atoms with E-state index in [1.165, 1.54) is 0 Å². The van der Waals surface area contributed by atoms with Gasteiger partial charge < -0.3 is 5.32 Å². The van der Waals surface area contributed by atoms with Gasteiger partial charge in [0.15, 0.2) is 0 Å². The Kier molecular flexibility index (Phi) is 2.79. The van der Waals surface area contributed by atoms with Gasteiger partial charge >= 0.3 is 0 Å². The van der Waals surface area contributed by atoms with Crippen molar-refractivity contribution < 1.29 is 0 Å². The van der Waals surface area contributed by atoms with E-state index in [1.807, 2.05) is 29.8 Å². The van der Waals surface area contributed by atoms with Crippen LogP contribution in [0.15, 0.2) is 27.5 Å². The van der Waals surface area contributed by atoms with Gasteiger partial charge in [0, 0.05) is 11.4 Å². The highest BCUT2D eigenvalue weighted by atomic mass is 79.9. The molecule has 2 aromatic rings. The average Bonchev–Trinajstić information content (AvgIpc) is 2.54. The molecular formula is C9H8BrN3S. The van der Waals surface area contributed by atoms with Crippen molar-refractivity contribution in [2.75, 3.05) is 5.32 Å². The fourth-order valence-corrected chi connectivity index (χ4v) is 2.14. The van der Waals surface area contributed by atoms with Crippen LogP contribution in [-0.4, -0.2) is 9.97 Å². The summed E-state index contributed by atoms with van der Waals surface area (Å²) in [5.41, 5.74) is 1.06. The van der Waals surface area contributed by atoms with Crippen molar-refractivity contribution >= 4 is 38.8 Å². The SMILES string of the molecule is Cc1nc(Br)cc(Nc2ccsc2)n1. The van der Waals surface area contributed by atoms with Gasteiger partial charge in [-0.2, -0.15) is 11.3 Å². The van der Waals surface area contributed by atoms with Gasteiger partial charge in [-0.3, -0.25) is 0 Å². The standard InChI is InChI=1S/C9H8BrN3S/c1-6-11-8(10)4-9(12-6)13-7-2-3-14-5-7/h2-5H,1H3,(H,11,12,13). The van der Waals surface area contributed by atoms with Crippen molar-refractivity contribution in [3.05, 3.63) is 33.3 Å². The molecule has 2 heterocycles. The van der Waals surface area contributed by atoms with Crippen molar-refractivity contribution in [1.82, 2.24) is 9.97 Å². The molecule has 72 valence electrons. The lowest BCUT2D eigenvalue weighted by Crippen LogP contribution is -1.96. The maximum Gasteiger partial charge on any atom is 0.135 e. The Morgan fingerprint density at radius 2 is 2.29 bits per heavy atom. The van der Waals surface area contributed by atoms with Gasteiger partial charge in [-0.1, -0.05) is 0 Å². The molecule has 0 atom stereocenters. The van der Waals surface area contributed by atoms with Gasteiger partial charge in [0.2, 0.25) is 0 Å². The van der Waals surface area contributed by atoms with E-state index in [-0.39, 0.29) is 0 Å². The third-order valence-corrected chi connectivity index (χ3v) is 2.69. The smallest absolute Gasteiger partial charge is 0.135 e. The fourth-order valence-electron chi connectivity index (χ4n) is 1.08. The first-order valence-electron chi connectivity index (χ1n) is 4.04. The molecule has 0 saturated carbocycles. The number of aryl methyl sites for hydroxylation is 1. The third kappa shape index (κ3) is 2.30.